The normalized spacial score (nSPS) is 19.8. The number of nitrogens with zero attached hydrogens (tertiary/aromatic N) is 3. The molecule has 0 saturated carbocycles. The van der Waals surface area contributed by atoms with Gasteiger partial charge in [-0.05, 0) is 31.7 Å². The maximum absolute atomic E-state index is 9.19. The van der Waals surface area contributed by atoms with Crippen LogP contribution in [0.25, 0.3) is 10.9 Å². The Labute approximate surface area is 113 Å². The van der Waals surface area contributed by atoms with Crippen molar-refractivity contribution in [3.63, 3.8) is 0 Å². The van der Waals surface area contributed by atoms with Crippen LogP contribution < -0.4 is 4.90 Å². The quantitative estimate of drug-likeness (QED) is 0.917. The molecule has 4 heteroatoms. The average molecular weight is 257 g/mol. The molecule has 0 spiro atoms. The van der Waals surface area contributed by atoms with Crippen LogP contribution in [0.3, 0.4) is 0 Å². The van der Waals surface area contributed by atoms with Gasteiger partial charge in [0.05, 0.1) is 5.52 Å². The van der Waals surface area contributed by atoms with Gasteiger partial charge in [0.25, 0.3) is 0 Å². The fourth-order valence-electron chi connectivity index (χ4n) is 2.81. The molecule has 0 bridgehead atoms. The van der Waals surface area contributed by atoms with Gasteiger partial charge in [-0.15, -0.1) is 0 Å². The summed E-state index contributed by atoms with van der Waals surface area (Å²) in [5.74, 6) is 0.803. The van der Waals surface area contributed by atoms with Crippen LogP contribution in [0, 0.1) is 0 Å². The van der Waals surface area contributed by atoms with Crippen molar-refractivity contribution in [2.24, 2.45) is 0 Å². The predicted octanol–water partition coefficient (Wildman–Crippen LogP) is 2.37. The van der Waals surface area contributed by atoms with E-state index in [9.17, 15) is 5.11 Å². The summed E-state index contributed by atoms with van der Waals surface area (Å²) in [6, 6.07) is 8.42. The smallest absolute Gasteiger partial charge is 0.226 e. The molecule has 2 aromatic rings. The van der Waals surface area contributed by atoms with E-state index in [1.165, 1.54) is 12.8 Å². The summed E-state index contributed by atoms with van der Waals surface area (Å²) in [6.07, 6.45) is 6.22. The SMILES string of the molecule is OCCC1CCCCN1c1ncc2ccccc2n1. The van der Waals surface area contributed by atoms with Gasteiger partial charge >= 0.3 is 0 Å². The lowest BCUT2D eigenvalue weighted by atomic mass is 10.0. The third kappa shape index (κ3) is 2.54. The fourth-order valence-corrected chi connectivity index (χ4v) is 2.81. The summed E-state index contributed by atoms with van der Waals surface area (Å²) >= 11 is 0. The molecule has 1 saturated heterocycles. The number of aromatic nitrogens is 2. The minimum absolute atomic E-state index is 0.231. The number of hydrogen-bond donors (Lipinski definition) is 1. The molecule has 0 amide bonds. The third-order valence-corrected chi connectivity index (χ3v) is 3.82. The number of aliphatic hydroxyl groups excluding tert-OH is 1. The van der Waals surface area contributed by atoms with E-state index in [2.05, 4.69) is 14.9 Å². The summed E-state index contributed by atoms with van der Waals surface area (Å²) in [7, 11) is 0. The zero-order valence-corrected chi connectivity index (χ0v) is 11.0. The van der Waals surface area contributed by atoms with E-state index < -0.39 is 0 Å². The Morgan fingerprint density at radius 3 is 3.05 bits per heavy atom. The number of piperidine rings is 1. The average Bonchev–Trinajstić information content (AvgIpc) is 2.48. The van der Waals surface area contributed by atoms with E-state index in [-0.39, 0.29) is 6.61 Å². The van der Waals surface area contributed by atoms with Gasteiger partial charge in [0, 0.05) is 30.8 Å². The largest absolute Gasteiger partial charge is 0.396 e. The van der Waals surface area contributed by atoms with Crippen LogP contribution in [0.1, 0.15) is 25.7 Å². The van der Waals surface area contributed by atoms with Gasteiger partial charge in [-0.1, -0.05) is 18.2 Å². The van der Waals surface area contributed by atoms with E-state index in [1.54, 1.807) is 0 Å². The van der Waals surface area contributed by atoms with Crippen LogP contribution >= 0.6 is 0 Å². The van der Waals surface area contributed by atoms with Crippen LogP contribution in [0.15, 0.2) is 30.5 Å². The second kappa shape index (κ2) is 5.53. The molecular weight excluding hydrogens is 238 g/mol. The van der Waals surface area contributed by atoms with Crippen LogP contribution in [0.2, 0.25) is 0 Å². The molecule has 1 N–H and O–H groups in total. The lowest BCUT2D eigenvalue weighted by molar-refractivity contribution is 0.262. The second-order valence-corrected chi connectivity index (χ2v) is 5.08. The van der Waals surface area contributed by atoms with Gasteiger partial charge in [0.2, 0.25) is 5.95 Å². The Bertz CT molecular complexity index is 556. The molecule has 1 aromatic heterocycles. The Morgan fingerprint density at radius 2 is 2.16 bits per heavy atom. The third-order valence-electron chi connectivity index (χ3n) is 3.82. The number of para-hydroxylation sites is 1. The van der Waals surface area contributed by atoms with Gasteiger partial charge in [0.1, 0.15) is 0 Å². The standard InChI is InChI=1S/C15H19N3O/c19-10-8-13-6-3-4-9-18(13)15-16-11-12-5-1-2-7-14(12)17-15/h1-2,5,7,11,13,19H,3-4,6,8-10H2. The summed E-state index contributed by atoms with van der Waals surface area (Å²) in [5.41, 5.74) is 0.987. The van der Waals surface area contributed by atoms with Crippen LogP contribution in [-0.2, 0) is 0 Å². The minimum Gasteiger partial charge on any atom is -0.396 e. The van der Waals surface area contributed by atoms with E-state index in [0.717, 1.165) is 36.2 Å². The van der Waals surface area contributed by atoms with Crippen molar-refractivity contribution >= 4 is 16.9 Å². The molecule has 19 heavy (non-hydrogen) atoms. The Kier molecular flexibility index (Phi) is 3.60. The number of anilines is 1. The zero-order valence-electron chi connectivity index (χ0n) is 11.0. The zero-order chi connectivity index (χ0) is 13.1. The summed E-state index contributed by atoms with van der Waals surface area (Å²) < 4.78 is 0. The molecule has 1 fully saturated rings. The first-order valence-corrected chi connectivity index (χ1v) is 6.98. The predicted molar refractivity (Wildman–Crippen MR) is 76.2 cm³/mol. The highest BCUT2D eigenvalue weighted by molar-refractivity contribution is 5.78. The molecule has 100 valence electrons. The Hall–Kier alpha value is -1.68. The van der Waals surface area contributed by atoms with Gasteiger partial charge in [0.15, 0.2) is 0 Å². The second-order valence-electron chi connectivity index (χ2n) is 5.08. The molecule has 2 heterocycles. The number of rotatable bonds is 3. The molecule has 1 unspecified atom stereocenters. The molecule has 1 atom stereocenters. The Balaban J connectivity index is 1.92. The highest BCUT2D eigenvalue weighted by Crippen LogP contribution is 2.24. The van der Waals surface area contributed by atoms with Crippen LogP contribution in [0.5, 0.6) is 0 Å². The maximum atomic E-state index is 9.19. The van der Waals surface area contributed by atoms with Crippen molar-refractivity contribution in [2.45, 2.75) is 31.7 Å². The first-order valence-electron chi connectivity index (χ1n) is 6.98. The van der Waals surface area contributed by atoms with Gasteiger partial charge < -0.3 is 10.0 Å². The highest BCUT2D eigenvalue weighted by Gasteiger charge is 2.24. The molecule has 1 aliphatic rings. The molecule has 0 aliphatic carbocycles. The maximum Gasteiger partial charge on any atom is 0.226 e. The lowest BCUT2D eigenvalue weighted by Crippen LogP contribution is -2.41. The van der Waals surface area contributed by atoms with E-state index in [0.29, 0.717) is 6.04 Å². The van der Waals surface area contributed by atoms with Crippen LogP contribution in [0.4, 0.5) is 5.95 Å². The summed E-state index contributed by atoms with van der Waals surface area (Å²) in [6.45, 7) is 1.22. The van der Waals surface area contributed by atoms with Gasteiger partial charge in [-0.25, -0.2) is 9.97 Å². The first kappa shape index (κ1) is 12.4. The molecule has 1 aromatic carbocycles. The molecule has 4 nitrogen and oxygen atoms in total. The van der Waals surface area contributed by atoms with Crippen molar-refractivity contribution in [1.29, 1.82) is 0 Å². The fraction of sp³-hybridized carbons (Fsp3) is 0.467. The highest BCUT2D eigenvalue weighted by atomic mass is 16.3. The minimum atomic E-state index is 0.231. The van der Waals surface area contributed by atoms with Crippen molar-refractivity contribution < 1.29 is 5.11 Å². The molecule has 0 radical (unpaired) electrons. The Morgan fingerprint density at radius 1 is 1.26 bits per heavy atom. The van der Waals surface area contributed by atoms with Crippen molar-refractivity contribution in [1.82, 2.24) is 9.97 Å². The van der Waals surface area contributed by atoms with Crippen molar-refractivity contribution in [3.05, 3.63) is 30.5 Å². The number of benzene rings is 1. The molecular formula is C15H19N3O. The van der Waals surface area contributed by atoms with Crippen molar-refractivity contribution in [2.75, 3.05) is 18.1 Å². The summed E-state index contributed by atoms with van der Waals surface area (Å²) in [5, 5.41) is 10.3. The van der Waals surface area contributed by atoms with Crippen LogP contribution in [-0.4, -0.2) is 34.3 Å². The van der Waals surface area contributed by atoms with E-state index in [1.807, 2.05) is 30.5 Å². The van der Waals surface area contributed by atoms with Gasteiger partial charge in [-0.2, -0.15) is 0 Å². The molecule has 3 rings (SSSR count). The number of hydrogen-bond acceptors (Lipinski definition) is 4. The summed E-state index contributed by atoms with van der Waals surface area (Å²) in [4.78, 5) is 11.4. The van der Waals surface area contributed by atoms with Crippen molar-refractivity contribution in [3.8, 4) is 0 Å². The monoisotopic (exact) mass is 257 g/mol. The topological polar surface area (TPSA) is 49.2 Å². The first-order chi connectivity index (χ1) is 9.38. The number of fused-ring (bicyclic) bond motifs is 1. The van der Waals surface area contributed by atoms with E-state index in [4.69, 9.17) is 0 Å². The van der Waals surface area contributed by atoms with E-state index >= 15 is 0 Å². The van der Waals surface area contributed by atoms with Gasteiger partial charge in [-0.3, -0.25) is 0 Å². The number of aliphatic hydroxyl groups is 1. The molecule has 1 aliphatic heterocycles. The lowest BCUT2D eigenvalue weighted by Gasteiger charge is -2.35.